The van der Waals surface area contributed by atoms with Gasteiger partial charge in [0, 0.05) is 31.8 Å². The highest BCUT2D eigenvalue weighted by Gasteiger charge is 2.07. The molecule has 5 heteroatoms. The number of amides is 1. The highest BCUT2D eigenvalue weighted by molar-refractivity contribution is 5.91. The van der Waals surface area contributed by atoms with Crippen LogP contribution in [0, 0.1) is 0 Å². The number of carbonyl (C=O) groups is 1. The molecule has 0 radical (unpaired) electrons. The average molecular weight is 293 g/mol. The third-order valence-corrected chi connectivity index (χ3v) is 3.47. The number of hydrogen-bond donors (Lipinski definition) is 3. The van der Waals surface area contributed by atoms with Gasteiger partial charge >= 0.3 is 0 Å². The number of para-hydroxylation sites is 1. The Morgan fingerprint density at radius 3 is 2.67 bits per heavy atom. The molecule has 0 aliphatic carbocycles. The topological polar surface area (TPSA) is 78.6 Å². The Bertz CT molecular complexity index is 424. The normalized spacial score (nSPS) is 10.9. The molecule has 0 atom stereocenters. The maximum atomic E-state index is 12.0. The zero-order chi connectivity index (χ0) is 15.5. The first-order valence-corrected chi connectivity index (χ1v) is 7.62. The molecule has 0 fully saturated rings. The lowest BCUT2D eigenvalue weighted by Gasteiger charge is -2.19. The molecule has 0 spiro atoms. The van der Waals surface area contributed by atoms with Crippen LogP contribution in [0.1, 0.15) is 31.7 Å². The van der Waals surface area contributed by atoms with Crippen molar-refractivity contribution in [1.29, 1.82) is 0 Å². The van der Waals surface area contributed by atoms with E-state index in [2.05, 4.69) is 17.1 Å². The Balaban J connectivity index is 2.33. The molecule has 4 N–H and O–H groups in total. The van der Waals surface area contributed by atoms with Crippen molar-refractivity contribution in [2.24, 2.45) is 5.73 Å². The molecule has 0 heterocycles. The molecule has 1 rings (SSSR count). The summed E-state index contributed by atoms with van der Waals surface area (Å²) < 4.78 is 0. The lowest BCUT2D eigenvalue weighted by molar-refractivity contribution is -0.116. The number of hydrogen-bond acceptors (Lipinski definition) is 4. The second-order valence-electron chi connectivity index (χ2n) is 5.02. The molecule has 0 aliphatic heterocycles. The summed E-state index contributed by atoms with van der Waals surface area (Å²) in [5, 5.41) is 11.8. The summed E-state index contributed by atoms with van der Waals surface area (Å²) in [6, 6.07) is 7.60. The van der Waals surface area contributed by atoms with Crippen molar-refractivity contribution in [2.45, 2.75) is 32.7 Å². The Labute approximate surface area is 127 Å². The van der Waals surface area contributed by atoms with Crippen LogP contribution in [0.2, 0.25) is 0 Å². The molecule has 1 amide bonds. The number of aliphatic hydroxyl groups is 1. The van der Waals surface area contributed by atoms with Gasteiger partial charge in [-0.25, -0.2) is 0 Å². The third kappa shape index (κ3) is 6.71. The minimum atomic E-state index is 0.0223. The Morgan fingerprint density at radius 1 is 1.29 bits per heavy atom. The quantitative estimate of drug-likeness (QED) is 0.612. The Hall–Kier alpha value is -1.43. The highest BCUT2D eigenvalue weighted by atomic mass is 16.3. The van der Waals surface area contributed by atoms with Crippen LogP contribution in [0.25, 0.3) is 0 Å². The Morgan fingerprint density at radius 2 is 2.00 bits per heavy atom. The highest BCUT2D eigenvalue weighted by Crippen LogP contribution is 2.14. The first-order valence-electron chi connectivity index (χ1n) is 7.62. The van der Waals surface area contributed by atoms with Crippen LogP contribution in [0.15, 0.2) is 24.3 Å². The molecule has 21 heavy (non-hydrogen) atoms. The number of nitrogens with two attached hydrogens (primary N) is 1. The third-order valence-electron chi connectivity index (χ3n) is 3.47. The van der Waals surface area contributed by atoms with Crippen LogP contribution in [0.4, 0.5) is 5.69 Å². The number of nitrogens with one attached hydrogen (secondary N) is 1. The van der Waals surface area contributed by atoms with E-state index < -0.39 is 0 Å². The molecular formula is C16H27N3O2. The van der Waals surface area contributed by atoms with E-state index in [9.17, 15) is 4.79 Å². The van der Waals surface area contributed by atoms with E-state index in [-0.39, 0.29) is 12.5 Å². The molecule has 0 aliphatic rings. The van der Waals surface area contributed by atoms with E-state index in [1.165, 1.54) is 0 Å². The first kappa shape index (κ1) is 17.6. The summed E-state index contributed by atoms with van der Waals surface area (Å²) in [7, 11) is 0. The summed E-state index contributed by atoms with van der Waals surface area (Å²) in [5.41, 5.74) is 7.40. The maximum absolute atomic E-state index is 12.0. The second-order valence-corrected chi connectivity index (χ2v) is 5.02. The second kappa shape index (κ2) is 10.3. The van der Waals surface area contributed by atoms with Crippen LogP contribution in [0.5, 0.6) is 0 Å². The largest absolute Gasteiger partial charge is 0.396 e. The van der Waals surface area contributed by atoms with E-state index in [0.717, 1.165) is 43.7 Å². The predicted octanol–water partition coefficient (Wildman–Crippen LogP) is 1.57. The van der Waals surface area contributed by atoms with E-state index in [1.807, 2.05) is 24.3 Å². The predicted molar refractivity (Wildman–Crippen MR) is 86.0 cm³/mol. The van der Waals surface area contributed by atoms with E-state index in [0.29, 0.717) is 13.0 Å². The lowest BCUT2D eigenvalue weighted by atomic mass is 10.1. The van der Waals surface area contributed by atoms with Gasteiger partial charge in [-0.15, -0.1) is 0 Å². The van der Waals surface area contributed by atoms with Crippen LogP contribution in [-0.2, 0) is 11.3 Å². The standard InChI is InChI=1S/C16H27N3O2/c1-2-19(11-6-12-20)10-5-9-16(21)18-15-8-4-3-7-14(15)13-17/h3-4,7-8,20H,2,5-6,9-13,17H2,1H3,(H,18,21). The molecule has 0 saturated carbocycles. The van der Waals surface area contributed by atoms with Crippen molar-refractivity contribution in [1.82, 2.24) is 4.90 Å². The SMILES string of the molecule is CCN(CCCO)CCCC(=O)Nc1ccccc1CN. The van der Waals surface area contributed by atoms with Crippen molar-refractivity contribution in [3.8, 4) is 0 Å². The fourth-order valence-electron chi connectivity index (χ4n) is 2.22. The fourth-order valence-corrected chi connectivity index (χ4v) is 2.22. The zero-order valence-electron chi connectivity index (χ0n) is 12.8. The molecule has 118 valence electrons. The minimum absolute atomic E-state index is 0.0223. The molecule has 0 aromatic heterocycles. The summed E-state index contributed by atoms with van der Waals surface area (Å²) in [6.45, 7) is 5.42. The van der Waals surface area contributed by atoms with Crippen molar-refractivity contribution in [3.63, 3.8) is 0 Å². The number of nitrogens with zero attached hydrogens (tertiary/aromatic N) is 1. The van der Waals surface area contributed by atoms with Crippen LogP contribution >= 0.6 is 0 Å². The van der Waals surface area contributed by atoms with E-state index >= 15 is 0 Å². The van der Waals surface area contributed by atoms with Gasteiger partial charge in [0.05, 0.1) is 0 Å². The first-order chi connectivity index (χ1) is 10.2. The maximum Gasteiger partial charge on any atom is 0.224 e. The smallest absolute Gasteiger partial charge is 0.224 e. The fraction of sp³-hybridized carbons (Fsp3) is 0.562. The van der Waals surface area contributed by atoms with Crippen molar-refractivity contribution in [2.75, 3.05) is 31.6 Å². The van der Waals surface area contributed by atoms with Crippen LogP contribution in [-0.4, -0.2) is 42.2 Å². The summed E-state index contributed by atoms with van der Waals surface area (Å²) in [6.07, 6.45) is 2.09. The monoisotopic (exact) mass is 293 g/mol. The molecule has 1 aromatic rings. The van der Waals surface area contributed by atoms with E-state index in [4.69, 9.17) is 10.8 Å². The Kier molecular flexibility index (Phi) is 8.66. The van der Waals surface area contributed by atoms with Crippen molar-refractivity contribution >= 4 is 11.6 Å². The summed E-state index contributed by atoms with van der Waals surface area (Å²) >= 11 is 0. The number of aliphatic hydroxyl groups excluding tert-OH is 1. The molecule has 0 saturated heterocycles. The van der Waals surface area contributed by atoms with Crippen LogP contribution in [0.3, 0.4) is 0 Å². The molecule has 1 aromatic carbocycles. The van der Waals surface area contributed by atoms with Gasteiger partial charge in [-0.1, -0.05) is 25.1 Å². The van der Waals surface area contributed by atoms with E-state index in [1.54, 1.807) is 0 Å². The van der Waals surface area contributed by atoms with Gasteiger partial charge in [0.25, 0.3) is 0 Å². The molecular weight excluding hydrogens is 266 g/mol. The zero-order valence-corrected chi connectivity index (χ0v) is 12.8. The summed E-state index contributed by atoms with van der Waals surface area (Å²) in [4.78, 5) is 14.2. The number of carbonyl (C=O) groups excluding carboxylic acids is 1. The van der Waals surface area contributed by atoms with Gasteiger partial charge in [0.2, 0.25) is 5.91 Å². The molecule has 0 unspecified atom stereocenters. The van der Waals surface area contributed by atoms with Gasteiger partial charge in [-0.2, -0.15) is 0 Å². The number of rotatable bonds is 10. The van der Waals surface area contributed by atoms with Crippen LogP contribution < -0.4 is 11.1 Å². The minimum Gasteiger partial charge on any atom is -0.396 e. The molecule has 5 nitrogen and oxygen atoms in total. The lowest BCUT2D eigenvalue weighted by Crippen LogP contribution is -2.27. The number of benzene rings is 1. The van der Waals surface area contributed by atoms with Crippen molar-refractivity contribution < 1.29 is 9.90 Å². The van der Waals surface area contributed by atoms with Gasteiger partial charge in [0.1, 0.15) is 0 Å². The molecule has 0 bridgehead atoms. The van der Waals surface area contributed by atoms with Gasteiger partial charge in [0.15, 0.2) is 0 Å². The van der Waals surface area contributed by atoms with Gasteiger partial charge in [-0.3, -0.25) is 4.79 Å². The van der Waals surface area contributed by atoms with Gasteiger partial charge in [-0.05, 0) is 37.6 Å². The average Bonchev–Trinajstić information content (AvgIpc) is 2.51. The van der Waals surface area contributed by atoms with Crippen molar-refractivity contribution in [3.05, 3.63) is 29.8 Å². The number of anilines is 1. The van der Waals surface area contributed by atoms with Gasteiger partial charge < -0.3 is 21.1 Å². The summed E-state index contributed by atoms with van der Waals surface area (Å²) in [5.74, 6) is 0.0223.